The van der Waals surface area contributed by atoms with Gasteiger partial charge in [0.15, 0.2) is 0 Å². The molecule has 2 N–H and O–H groups in total. The lowest BCUT2D eigenvalue weighted by atomic mass is 9.82. The first kappa shape index (κ1) is 13.6. The molecule has 1 amide bonds. The zero-order valence-electron chi connectivity index (χ0n) is 12.2. The third kappa shape index (κ3) is 1.97. The van der Waals surface area contributed by atoms with E-state index in [0.29, 0.717) is 0 Å². The number of aliphatic carboxylic acids is 1. The molecule has 2 saturated carbocycles. The van der Waals surface area contributed by atoms with Crippen LogP contribution in [-0.4, -0.2) is 17.0 Å². The minimum atomic E-state index is -0.846. The number of amides is 1. The van der Waals surface area contributed by atoms with E-state index in [1.165, 1.54) is 0 Å². The average Bonchev–Trinajstić information content (AvgIpc) is 3.01. The molecule has 3 aliphatic carbocycles. The van der Waals surface area contributed by atoms with Crippen molar-refractivity contribution in [3.8, 4) is 0 Å². The van der Waals surface area contributed by atoms with Gasteiger partial charge in [-0.25, -0.2) is 0 Å². The second-order valence-electron chi connectivity index (χ2n) is 6.78. The van der Waals surface area contributed by atoms with Gasteiger partial charge >= 0.3 is 5.97 Å². The van der Waals surface area contributed by atoms with E-state index in [-0.39, 0.29) is 23.3 Å². The fourth-order valence-corrected chi connectivity index (χ4v) is 4.20. The third-order valence-electron chi connectivity index (χ3n) is 5.49. The molecule has 0 spiro atoms. The van der Waals surface area contributed by atoms with E-state index >= 15 is 0 Å². The van der Waals surface area contributed by atoms with E-state index < -0.39 is 17.8 Å². The van der Waals surface area contributed by atoms with Crippen LogP contribution in [0.25, 0.3) is 0 Å². The van der Waals surface area contributed by atoms with Gasteiger partial charge in [0.05, 0.1) is 17.4 Å². The molecule has 4 atom stereocenters. The Morgan fingerprint density at radius 1 is 1.05 bits per heavy atom. The Morgan fingerprint density at radius 2 is 1.68 bits per heavy atom. The largest absolute Gasteiger partial charge is 0.481 e. The molecule has 0 heterocycles. The van der Waals surface area contributed by atoms with Crippen LogP contribution in [0.15, 0.2) is 42.5 Å². The van der Waals surface area contributed by atoms with Crippen molar-refractivity contribution in [3.63, 3.8) is 0 Å². The monoisotopic (exact) mass is 297 g/mol. The summed E-state index contributed by atoms with van der Waals surface area (Å²) in [6.07, 6.45) is 6.65. The van der Waals surface area contributed by atoms with Crippen molar-refractivity contribution in [2.24, 2.45) is 23.7 Å². The lowest BCUT2D eigenvalue weighted by Crippen LogP contribution is -2.44. The van der Waals surface area contributed by atoms with E-state index in [9.17, 15) is 14.7 Å². The summed E-state index contributed by atoms with van der Waals surface area (Å²) in [4.78, 5) is 24.3. The van der Waals surface area contributed by atoms with Crippen molar-refractivity contribution in [1.82, 2.24) is 5.32 Å². The van der Waals surface area contributed by atoms with Gasteiger partial charge < -0.3 is 10.4 Å². The maximum atomic E-state index is 12.8. The first-order chi connectivity index (χ1) is 10.6. The molecule has 2 bridgehead atoms. The van der Waals surface area contributed by atoms with Gasteiger partial charge in [0.1, 0.15) is 0 Å². The van der Waals surface area contributed by atoms with Gasteiger partial charge in [-0.2, -0.15) is 0 Å². The molecule has 1 aromatic carbocycles. The highest BCUT2D eigenvalue weighted by Gasteiger charge is 2.54. The second kappa shape index (κ2) is 4.70. The fraction of sp³-hybridized carbons (Fsp3) is 0.444. The average molecular weight is 297 g/mol. The Morgan fingerprint density at radius 3 is 2.27 bits per heavy atom. The number of hydrogen-bond acceptors (Lipinski definition) is 2. The number of fused-ring (bicyclic) bond motifs is 2. The minimum absolute atomic E-state index is 0.0186. The van der Waals surface area contributed by atoms with Crippen molar-refractivity contribution in [2.45, 2.75) is 24.8 Å². The van der Waals surface area contributed by atoms with Crippen LogP contribution in [0.1, 0.15) is 24.8 Å². The number of carboxylic acid groups (broad SMARTS) is 1. The highest BCUT2D eigenvalue weighted by Crippen LogP contribution is 2.50. The van der Waals surface area contributed by atoms with Gasteiger partial charge in [0, 0.05) is 0 Å². The summed E-state index contributed by atoms with van der Waals surface area (Å²) in [6.45, 7) is 0. The SMILES string of the molecule is O=C(O)C1C2C=CC(C2)C1C(=O)NC1(c2ccccc2)CC1. The summed E-state index contributed by atoms with van der Waals surface area (Å²) in [5.41, 5.74) is 0.848. The van der Waals surface area contributed by atoms with Crippen LogP contribution in [0.4, 0.5) is 0 Å². The predicted octanol–water partition coefficient (Wildman–Crippen LogP) is 2.31. The van der Waals surface area contributed by atoms with E-state index in [1.807, 2.05) is 42.5 Å². The van der Waals surface area contributed by atoms with Crippen LogP contribution < -0.4 is 5.32 Å². The molecule has 4 nitrogen and oxygen atoms in total. The Hall–Kier alpha value is -2.10. The van der Waals surface area contributed by atoms with Crippen LogP contribution in [0.2, 0.25) is 0 Å². The van der Waals surface area contributed by atoms with Crippen molar-refractivity contribution in [3.05, 3.63) is 48.0 Å². The number of rotatable bonds is 4. The highest BCUT2D eigenvalue weighted by atomic mass is 16.4. The summed E-state index contributed by atoms with van der Waals surface area (Å²) < 4.78 is 0. The molecular formula is C18H19NO3. The quantitative estimate of drug-likeness (QED) is 0.838. The summed E-state index contributed by atoms with van der Waals surface area (Å²) in [6, 6.07) is 9.97. The van der Waals surface area contributed by atoms with Crippen LogP contribution >= 0.6 is 0 Å². The number of nitrogens with one attached hydrogen (secondary N) is 1. The molecule has 4 heteroatoms. The fourth-order valence-electron chi connectivity index (χ4n) is 4.20. The van der Waals surface area contributed by atoms with Crippen molar-refractivity contribution in [2.75, 3.05) is 0 Å². The number of benzene rings is 1. The van der Waals surface area contributed by atoms with E-state index in [0.717, 1.165) is 24.8 Å². The molecule has 2 fully saturated rings. The van der Waals surface area contributed by atoms with Crippen molar-refractivity contribution < 1.29 is 14.7 Å². The number of carboxylic acids is 1. The topological polar surface area (TPSA) is 66.4 Å². The van der Waals surface area contributed by atoms with Gasteiger partial charge in [-0.1, -0.05) is 42.5 Å². The van der Waals surface area contributed by atoms with E-state index in [2.05, 4.69) is 5.32 Å². The summed E-state index contributed by atoms with van der Waals surface area (Å²) in [5.74, 6) is -1.83. The lowest BCUT2D eigenvalue weighted by molar-refractivity contribution is -0.148. The van der Waals surface area contributed by atoms with Gasteiger partial charge in [0.25, 0.3) is 0 Å². The first-order valence-corrected chi connectivity index (χ1v) is 7.89. The van der Waals surface area contributed by atoms with E-state index in [1.54, 1.807) is 0 Å². The van der Waals surface area contributed by atoms with Gasteiger partial charge in [0.2, 0.25) is 5.91 Å². The smallest absolute Gasteiger partial charge is 0.307 e. The Kier molecular flexibility index (Phi) is 2.90. The summed E-state index contributed by atoms with van der Waals surface area (Å²) in [5, 5.41) is 12.6. The Bertz CT molecular complexity index is 648. The normalized spacial score (nSPS) is 33.6. The molecule has 114 valence electrons. The second-order valence-corrected chi connectivity index (χ2v) is 6.78. The van der Waals surface area contributed by atoms with Crippen molar-refractivity contribution >= 4 is 11.9 Å². The Balaban J connectivity index is 1.56. The standard InChI is InChI=1S/C18H19NO3/c20-16(14-11-6-7-12(10-11)15(14)17(21)22)19-18(8-9-18)13-4-2-1-3-5-13/h1-7,11-12,14-15H,8-10H2,(H,19,20)(H,21,22). The first-order valence-electron chi connectivity index (χ1n) is 7.89. The molecule has 1 aromatic rings. The maximum Gasteiger partial charge on any atom is 0.307 e. The van der Waals surface area contributed by atoms with Gasteiger partial charge in [-0.15, -0.1) is 0 Å². The molecule has 0 radical (unpaired) electrons. The molecular weight excluding hydrogens is 278 g/mol. The molecule has 4 unspecified atom stereocenters. The number of carbonyl (C=O) groups excluding carboxylic acids is 1. The summed E-state index contributed by atoms with van der Waals surface area (Å²) >= 11 is 0. The molecule has 0 aromatic heterocycles. The van der Waals surface area contributed by atoms with Crippen LogP contribution in [0.3, 0.4) is 0 Å². The van der Waals surface area contributed by atoms with Gasteiger partial charge in [-0.05, 0) is 36.7 Å². The molecule has 4 rings (SSSR count). The third-order valence-corrected chi connectivity index (χ3v) is 5.49. The highest BCUT2D eigenvalue weighted by molar-refractivity contribution is 5.87. The number of allylic oxidation sites excluding steroid dienone is 2. The molecule has 22 heavy (non-hydrogen) atoms. The van der Waals surface area contributed by atoms with E-state index in [4.69, 9.17) is 0 Å². The molecule has 0 saturated heterocycles. The molecule has 3 aliphatic rings. The Labute approximate surface area is 129 Å². The lowest BCUT2D eigenvalue weighted by Gasteiger charge is -2.27. The van der Waals surface area contributed by atoms with Crippen LogP contribution in [0.5, 0.6) is 0 Å². The zero-order valence-corrected chi connectivity index (χ0v) is 12.2. The summed E-state index contributed by atoms with van der Waals surface area (Å²) in [7, 11) is 0. The predicted molar refractivity (Wildman–Crippen MR) is 80.8 cm³/mol. The van der Waals surface area contributed by atoms with Gasteiger partial charge in [-0.3, -0.25) is 9.59 Å². The zero-order chi connectivity index (χ0) is 15.3. The molecule has 0 aliphatic heterocycles. The number of carbonyl (C=O) groups is 2. The maximum absolute atomic E-state index is 12.8. The van der Waals surface area contributed by atoms with Crippen LogP contribution in [0, 0.1) is 23.7 Å². The van der Waals surface area contributed by atoms with Crippen molar-refractivity contribution in [1.29, 1.82) is 0 Å². The van der Waals surface area contributed by atoms with Crippen LogP contribution in [-0.2, 0) is 15.1 Å². The number of hydrogen-bond donors (Lipinski definition) is 2. The minimum Gasteiger partial charge on any atom is -0.481 e.